The summed E-state index contributed by atoms with van der Waals surface area (Å²) in [4.78, 5) is 27.1. The molecule has 4 nitrogen and oxygen atoms in total. The van der Waals surface area contributed by atoms with E-state index in [4.69, 9.17) is 0 Å². The number of hydrogen-bond acceptors (Lipinski definition) is 2. The molecule has 0 aromatic heterocycles. The maximum absolute atomic E-state index is 12.8. The van der Waals surface area contributed by atoms with Crippen LogP contribution < -0.4 is 5.32 Å². The van der Waals surface area contributed by atoms with Crippen LogP contribution in [0.3, 0.4) is 0 Å². The van der Waals surface area contributed by atoms with E-state index in [0.29, 0.717) is 12.0 Å². The van der Waals surface area contributed by atoms with Crippen molar-refractivity contribution in [2.45, 2.75) is 76.9 Å². The molecule has 2 saturated carbocycles. The van der Waals surface area contributed by atoms with Crippen LogP contribution in [0.4, 0.5) is 0 Å². The van der Waals surface area contributed by atoms with Gasteiger partial charge in [0.25, 0.3) is 0 Å². The number of carbonyl (C=O) groups excluding carboxylic acids is 2. The van der Waals surface area contributed by atoms with Gasteiger partial charge in [-0.15, -0.1) is 0 Å². The summed E-state index contributed by atoms with van der Waals surface area (Å²) in [6.07, 6.45) is 7.38. The smallest absolute Gasteiger partial charge is 0.246 e. The molecule has 0 aromatic rings. The van der Waals surface area contributed by atoms with Crippen LogP contribution in [0.5, 0.6) is 0 Å². The van der Waals surface area contributed by atoms with Crippen molar-refractivity contribution in [3.8, 4) is 0 Å². The molecular weight excluding hydrogens is 252 g/mol. The average molecular weight is 278 g/mol. The summed E-state index contributed by atoms with van der Waals surface area (Å²) in [5, 5.41) is 2.94. The second-order valence-corrected chi connectivity index (χ2v) is 6.76. The highest BCUT2D eigenvalue weighted by atomic mass is 16.2. The molecule has 2 amide bonds. The molecule has 5 atom stereocenters. The second-order valence-electron chi connectivity index (χ2n) is 6.76. The van der Waals surface area contributed by atoms with Crippen LogP contribution in [0.1, 0.15) is 58.8 Å². The van der Waals surface area contributed by atoms with E-state index in [1.807, 2.05) is 11.8 Å². The third kappa shape index (κ3) is 2.13. The zero-order valence-electron chi connectivity index (χ0n) is 12.6. The number of carbonyl (C=O) groups is 2. The summed E-state index contributed by atoms with van der Waals surface area (Å²) in [6.45, 7) is 4.07. The predicted octanol–water partition coefficient (Wildman–Crippen LogP) is 2.08. The van der Waals surface area contributed by atoms with E-state index in [-0.39, 0.29) is 23.9 Å². The van der Waals surface area contributed by atoms with Crippen LogP contribution in [-0.2, 0) is 9.59 Å². The molecule has 0 radical (unpaired) electrons. The predicted molar refractivity (Wildman–Crippen MR) is 77.0 cm³/mol. The van der Waals surface area contributed by atoms with Gasteiger partial charge in [0.1, 0.15) is 12.1 Å². The largest absolute Gasteiger partial charge is 0.343 e. The highest BCUT2D eigenvalue weighted by Gasteiger charge is 2.49. The Labute approximate surface area is 121 Å². The van der Waals surface area contributed by atoms with Gasteiger partial charge in [0.05, 0.1) is 0 Å². The van der Waals surface area contributed by atoms with Gasteiger partial charge in [0, 0.05) is 6.04 Å². The highest BCUT2D eigenvalue weighted by molar-refractivity contribution is 5.97. The summed E-state index contributed by atoms with van der Waals surface area (Å²) in [5.74, 6) is 1.68. The van der Waals surface area contributed by atoms with Gasteiger partial charge >= 0.3 is 0 Å². The van der Waals surface area contributed by atoms with Crippen molar-refractivity contribution in [2.24, 2.45) is 11.8 Å². The number of amides is 2. The van der Waals surface area contributed by atoms with Crippen LogP contribution in [0.15, 0.2) is 0 Å². The molecule has 1 N–H and O–H groups in total. The minimum absolute atomic E-state index is 0.0633. The molecule has 4 heteroatoms. The zero-order chi connectivity index (χ0) is 14.3. The summed E-state index contributed by atoms with van der Waals surface area (Å²) >= 11 is 0. The topological polar surface area (TPSA) is 49.4 Å². The molecule has 112 valence electrons. The van der Waals surface area contributed by atoms with Crippen molar-refractivity contribution in [1.29, 1.82) is 0 Å². The van der Waals surface area contributed by atoms with Crippen LogP contribution in [0.25, 0.3) is 0 Å². The van der Waals surface area contributed by atoms with E-state index in [1.54, 1.807) is 0 Å². The third-order valence-electron chi connectivity index (χ3n) is 5.53. The Hall–Kier alpha value is -1.06. The minimum Gasteiger partial charge on any atom is -0.343 e. The first kappa shape index (κ1) is 13.9. The molecule has 0 aromatic carbocycles. The number of rotatable bonds is 4. The quantitative estimate of drug-likeness (QED) is 0.856. The van der Waals surface area contributed by atoms with Crippen LogP contribution >= 0.6 is 0 Å². The molecule has 3 rings (SSSR count). The van der Waals surface area contributed by atoms with Gasteiger partial charge in [0.15, 0.2) is 0 Å². The molecule has 1 saturated heterocycles. The first-order valence-electron chi connectivity index (χ1n) is 8.28. The molecular formula is C16H26N2O2. The normalized spacial score (nSPS) is 40.3. The van der Waals surface area contributed by atoms with Gasteiger partial charge in [-0.1, -0.05) is 26.7 Å². The first-order chi connectivity index (χ1) is 9.65. The summed E-state index contributed by atoms with van der Waals surface area (Å²) in [5.41, 5.74) is 0. The monoisotopic (exact) mass is 278 g/mol. The van der Waals surface area contributed by atoms with E-state index in [1.165, 1.54) is 19.3 Å². The number of nitrogens with one attached hydrogen (secondary N) is 1. The molecule has 1 aliphatic heterocycles. The van der Waals surface area contributed by atoms with E-state index in [2.05, 4.69) is 12.2 Å². The van der Waals surface area contributed by atoms with E-state index >= 15 is 0 Å². The highest BCUT2D eigenvalue weighted by Crippen LogP contribution is 2.47. The molecule has 0 spiro atoms. The summed E-state index contributed by atoms with van der Waals surface area (Å²) in [6, 6.07) is -0.189. The number of piperazine rings is 1. The zero-order valence-corrected chi connectivity index (χ0v) is 12.6. The van der Waals surface area contributed by atoms with E-state index in [0.717, 1.165) is 31.6 Å². The fourth-order valence-corrected chi connectivity index (χ4v) is 4.60. The van der Waals surface area contributed by atoms with Crippen LogP contribution in [-0.4, -0.2) is 34.8 Å². The number of nitrogens with zero attached hydrogens (tertiary/aromatic N) is 1. The van der Waals surface area contributed by atoms with Gasteiger partial charge < -0.3 is 10.2 Å². The molecule has 2 bridgehead atoms. The van der Waals surface area contributed by atoms with Gasteiger partial charge in [-0.25, -0.2) is 0 Å². The molecule has 20 heavy (non-hydrogen) atoms. The SMILES string of the molecule is CCCC1NC(=O)C(CC)N(C2CC3CCC2C3)C1=O. The van der Waals surface area contributed by atoms with Crippen molar-refractivity contribution in [2.75, 3.05) is 0 Å². The lowest BCUT2D eigenvalue weighted by Gasteiger charge is -2.44. The fourth-order valence-electron chi connectivity index (χ4n) is 4.60. The molecule has 3 aliphatic rings. The van der Waals surface area contributed by atoms with Gasteiger partial charge in [-0.3, -0.25) is 9.59 Å². The Kier molecular flexibility index (Phi) is 3.74. The van der Waals surface area contributed by atoms with Crippen molar-refractivity contribution >= 4 is 11.8 Å². The molecule has 5 unspecified atom stereocenters. The maximum Gasteiger partial charge on any atom is 0.246 e. The maximum atomic E-state index is 12.8. The van der Waals surface area contributed by atoms with Crippen LogP contribution in [0, 0.1) is 11.8 Å². The Bertz CT molecular complexity index is 409. The van der Waals surface area contributed by atoms with E-state index < -0.39 is 0 Å². The fraction of sp³-hybridized carbons (Fsp3) is 0.875. The van der Waals surface area contributed by atoms with Gasteiger partial charge in [-0.05, 0) is 43.9 Å². The second kappa shape index (κ2) is 5.38. The van der Waals surface area contributed by atoms with Gasteiger partial charge in [-0.2, -0.15) is 0 Å². The van der Waals surface area contributed by atoms with Gasteiger partial charge in [0.2, 0.25) is 11.8 Å². The molecule has 1 heterocycles. The summed E-state index contributed by atoms with van der Waals surface area (Å²) < 4.78 is 0. The van der Waals surface area contributed by atoms with E-state index in [9.17, 15) is 9.59 Å². The molecule has 2 aliphatic carbocycles. The lowest BCUT2D eigenvalue weighted by atomic mass is 9.90. The van der Waals surface area contributed by atoms with Crippen molar-refractivity contribution in [3.63, 3.8) is 0 Å². The lowest BCUT2D eigenvalue weighted by molar-refractivity contribution is -0.153. The summed E-state index contributed by atoms with van der Waals surface area (Å²) in [7, 11) is 0. The standard InChI is InChI=1S/C16H26N2O2/c1-3-5-12-16(20)18(13(4-2)15(19)17-12)14-9-10-6-7-11(14)8-10/h10-14H,3-9H2,1-2H3,(H,17,19). The minimum atomic E-state index is -0.283. The number of hydrogen-bond donors (Lipinski definition) is 1. The van der Waals surface area contributed by atoms with Crippen LogP contribution in [0.2, 0.25) is 0 Å². The van der Waals surface area contributed by atoms with Crippen molar-refractivity contribution in [3.05, 3.63) is 0 Å². The molecule has 3 fully saturated rings. The Morgan fingerprint density at radius 1 is 1.20 bits per heavy atom. The first-order valence-corrected chi connectivity index (χ1v) is 8.28. The van der Waals surface area contributed by atoms with Crippen molar-refractivity contribution in [1.82, 2.24) is 10.2 Å². The van der Waals surface area contributed by atoms with Crippen molar-refractivity contribution < 1.29 is 9.59 Å². The Morgan fingerprint density at radius 2 is 2.00 bits per heavy atom. The Morgan fingerprint density at radius 3 is 2.55 bits per heavy atom. The lowest BCUT2D eigenvalue weighted by Crippen LogP contribution is -2.66. The number of fused-ring (bicyclic) bond motifs is 2. The Balaban J connectivity index is 1.83. The average Bonchev–Trinajstić information content (AvgIpc) is 3.04. The third-order valence-corrected chi connectivity index (χ3v) is 5.53.